The zero-order valence-electron chi connectivity index (χ0n) is 11.8. The van der Waals surface area contributed by atoms with Crippen LogP contribution in [0.3, 0.4) is 0 Å². The van der Waals surface area contributed by atoms with E-state index in [0.717, 1.165) is 25.1 Å². The molecule has 1 atom stereocenters. The summed E-state index contributed by atoms with van der Waals surface area (Å²) >= 11 is 0. The maximum atomic E-state index is 10.9. The molecule has 0 amide bonds. The Kier molecular flexibility index (Phi) is 4.44. The van der Waals surface area contributed by atoms with Crippen LogP contribution in [0.4, 0.5) is 11.4 Å². The Bertz CT molecular complexity index is 484. The van der Waals surface area contributed by atoms with Crippen LogP contribution in [0.25, 0.3) is 0 Å². The molecule has 0 saturated carbocycles. The second-order valence-corrected chi connectivity index (χ2v) is 5.13. The molecule has 1 unspecified atom stereocenters. The summed E-state index contributed by atoms with van der Waals surface area (Å²) in [4.78, 5) is 10.5. The zero-order valence-corrected chi connectivity index (χ0v) is 11.8. The van der Waals surface area contributed by atoms with Crippen LogP contribution in [-0.4, -0.2) is 30.3 Å². The lowest BCUT2D eigenvalue weighted by Gasteiger charge is -2.24. The summed E-state index contributed by atoms with van der Waals surface area (Å²) in [6, 6.07) is 4.82. The topological polar surface area (TPSA) is 73.6 Å². The first kappa shape index (κ1) is 14.6. The van der Waals surface area contributed by atoms with Crippen molar-refractivity contribution in [3.05, 3.63) is 28.3 Å². The fourth-order valence-corrected chi connectivity index (χ4v) is 2.31. The monoisotopic (exact) mass is 280 g/mol. The summed E-state index contributed by atoms with van der Waals surface area (Å²) in [5.74, 6) is 0.292. The molecule has 6 heteroatoms. The molecule has 1 aliphatic rings. The second kappa shape index (κ2) is 6.09. The molecule has 1 fully saturated rings. The minimum absolute atomic E-state index is 0.0132. The van der Waals surface area contributed by atoms with E-state index in [2.05, 4.69) is 12.2 Å². The molecule has 2 rings (SSSR count). The third kappa shape index (κ3) is 3.39. The highest BCUT2D eigenvalue weighted by Crippen LogP contribution is 2.31. The van der Waals surface area contributed by atoms with Crippen LogP contribution in [0.1, 0.15) is 26.7 Å². The van der Waals surface area contributed by atoms with Gasteiger partial charge in [-0.25, -0.2) is 0 Å². The minimum Gasteiger partial charge on any atom is -0.487 e. The van der Waals surface area contributed by atoms with Crippen molar-refractivity contribution in [1.82, 2.24) is 0 Å². The van der Waals surface area contributed by atoms with Crippen molar-refractivity contribution in [2.24, 2.45) is 0 Å². The first-order chi connectivity index (χ1) is 9.54. The fraction of sp³-hybridized carbons (Fsp3) is 0.571. The second-order valence-electron chi connectivity index (χ2n) is 5.13. The van der Waals surface area contributed by atoms with Crippen LogP contribution in [0.5, 0.6) is 5.75 Å². The molecule has 0 radical (unpaired) electrons. The van der Waals surface area contributed by atoms with Gasteiger partial charge < -0.3 is 14.8 Å². The van der Waals surface area contributed by atoms with Gasteiger partial charge in [-0.1, -0.05) is 0 Å². The van der Waals surface area contributed by atoms with Crippen molar-refractivity contribution in [3.8, 4) is 5.75 Å². The predicted molar refractivity (Wildman–Crippen MR) is 76.3 cm³/mol. The van der Waals surface area contributed by atoms with Gasteiger partial charge in [0.2, 0.25) is 0 Å². The van der Waals surface area contributed by atoms with Gasteiger partial charge in [0.1, 0.15) is 0 Å². The Morgan fingerprint density at radius 3 is 2.95 bits per heavy atom. The Morgan fingerprint density at radius 2 is 2.35 bits per heavy atom. The van der Waals surface area contributed by atoms with Crippen molar-refractivity contribution in [1.29, 1.82) is 0 Å². The molecular weight excluding hydrogens is 260 g/mol. The van der Waals surface area contributed by atoms with Crippen LogP contribution in [0.15, 0.2) is 18.2 Å². The number of hydrogen-bond acceptors (Lipinski definition) is 5. The van der Waals surface area contributed by atoms with E-state index in [1.165, 1.54) is 6.07 Å². The molecular formula is C14H20N2O4. The molecule has 0 aromatic heterocycles. The van der Waals surface area contributed by atoms with Gasteiger partial charge in [0.25, 0.3) is 0 Å². The highest BCUT2D eigenvalue weighted by Gasteiger charge is 2.29. The normalized spacial score (nSPS) is 21.7. The van der Waals surface area contributed by atoms with E-state index in [4.69, 9.17) is 9.47 Å². The highest BCUT2D eigenvalue weighted by atomic mass is 16.6. The number of rotatable bonds is 6. The zero-order chi connectivity index (χ0) is 14.6. The smallest absolute Gasteiger partial charge is 0.311 e. The highest BCUT2D eigenvalue weighted by molar-refractivity contribution is 5.58. The van der Waals surface area contributed by atoms with Gasteiger partial charge in [0, 0.05) is 31.0 Å². The number of nitrogens with one attached hydrogen (secondary N) is 1. The van der Waals surface area contributed by atoms with Crippen molar-refractivity contribution in [2.45, 2.75) is 32.3 Å². The molecule has 1 saturated heterocycles. The van der Waals surface area contributed by atoms with Crippen molar-refractivity contribution in [2.75, 3.05) is 25.1 Å². The summed E-state index contributed by atoms with van der Waals surface area (Å²) in [6.45, 7) is 5.74. The minimum atomic E-state index is -0.434. The van der Waals surface area contributed by atoms with Crippen molar-refractivity contribution >= 4 is 11.4 Å². The Morgan fingerprint density at radius 1 is 1.55 bits per heavy atom. The molecule has 6 nitrogen and oxygen atoms in total. The maximum absolute atomic E-state index is 10.9. The van der Waals surface area contributed by atoms with Crippen LogP contribution < -0.4 is 10.1 Å². The third-order valence-electron chi connectivity index (χ3n) is 3.42. The molecule has 0 bridgehead atoms. The van der Waals surface area contributed by atoms with Crippen molar-refractivity contribution < 1.29 is 14.4 Å². The van der Waals surface area contributed by atoms with Gasteiger partial charge in [0.15, 0.2) is 5.75 Å². The molecule has 20 heavy (non-hydrogen) atoms. The Labute approximate surface area is 118 Å². The van der Waals surface area contributed by atoms with E-state index in [-0.39, 0.29) is 11.3 Å². The molecule has 110 valence electrons. The van der Waals surface area contributed by atoms with Gasteiger partial charge in [-0.15, -0.1) is 0 Å². The summed E-state index contributed by atoms with van der Waals surface area (Å²) in [5, 5.41) is 14.2. The van der Waals surface area contributed by atoms with E-state index in [1.54, 1.807) is 19.1 Å². The number of nitro groups is 1. The van der Waals surface area contributed by atoms with E-state index in [1.807, 2.05) is 0 Å². The van der Waals surface area contributed by atoms with Gasteiger partial charge >= 0.3 is 5.69 Å². The quantitative estimate of drug-likeness (QED) is 0.640. The summed E-state index contributed by atoms with van der Waals surface area (Å²) in [7, 11) is 0. The van der Waals surface area contributed by atoms with Gasteiger partial charge in [-0.3, -0.25) is 10.1 Å². The molecule has 1 aliphatic heterocycles. The van der Waals surface area contributed by atoms with Gasteiger partial charge in [-0.05, 0) is 32.8 Å². The standard InChI is InChI=1S/C14H20N2O4/c1-3-19-13-9-11(5-6-12(13)16(17)18)15-10-14(2)7-4-8-20-14/h5-6,9,15H,3-4,7-8,10H2,1-2H3. The third-order valence-corrected chi connectivity index (χ3v) is 3.42. The average molecular weight is 280 g/mol. The number of hydrogen-bond donors (Lipinski definition) is 1. The number of benzene rings is 1. The molecule has 0 spiro atoms. The van der Waals surface area contributed by atoms with Crippen LogP contribution in [0, 0.1) is 10.1 Å². The summed E-state index contributed by atoms with van der Waals surface area (Å²) in [5.41, 5.74) is 0.629. The first-order valence-corrected chi connectivity index (χ1v) is 6.83. The van der Waals surface area contributed by atoms with Gasteiger partial charge in [0.05, 0.1) is 17.1 Å². The lowest BCUT2D eigenvalue weighted by molar-refractivity contribution is -0.385. The van der Waals surface area contributed by atoms with Crippen molar-refractivity contribution in [3.63, 3.8) is 0 Å². The molecule has 1 aromatic rings. The van der Waals surface area contributed by atoms with Crippen LogP contribution in [0.2, 0.25) is 0 Å². The van der Waals surface area contributed by atoms with E-state index in [0.29, 0.717) is 18.9 Å². The number of nitrogens with zero attached hydrogens (tertiary/aromatic N) is 1. The predicted octanol–water partition coefficient (Wildman–Crippen LogP) is 2.97. The summed E-state index contributed by atoms with van der Waals surface area (Å²) in [6.07, 6.45) is 2.09. The van der Waals surface area contributed by atoms with Crippen LogP contribution in [-0.2, 0) is 4.74 Å². The largest absolute Gasteiger partial charge is 0.487 e. The van der Waals surface area contributed by atoms with Crippen LogP contribution >= 0.6 is 0 Å². The molecule has 1 N–H and O–H groups in total. The molecule has 1 aromatic carbocycles. The Balaban J connectivity index is 2.08. The van der Waals surface area contributed by atoms with E-state index in [9.17, 15) is 10.1 Å². The first-order valence-electron chi connectivity index (χ1n) is 6.83. The lowest BCUT2D eigenvalue weighted by atomic mass is 10.0. The summed E-state index contributed by atoms with van der Waals surface area (Å²) < 4.78 is 11.0. The number of anilines is 1. The number of ether oxygens (including phenoxy) is 2. The average Bonchev–Trinajstić information content (AvgIpc) is 2.84. The van der Waals surface area contributed by atoms with Gasteiger partial charge in [-0.2, -0.15) is 0 Å². The lowest BCUT2D eigenvalue weighted by Crippen LogP contribution is -2.32. The fourth-order valence-electron chi connectivity index (χ4n) is 2.31. The SMILES string of the molecule is CCOc1cc(NCC2(C)CCCO2)ccc1[N+](=O)[O-]. The maximum Gasteiger partial charge on any atom is 0.311 e. The molecule has 1 heterocycles. The van der Waals surface area contributed by atoms with E-state index < -0.39 is 4.92 Å². The van der Waals surface area contributed by atoms with E-state index >= 15 is 0 Å². The molecule has 0 aliphatic carbocycles. The Hall–Kier alpha value is -1.82. The number of nitro benzene ring substituents is 1.